The van der Waals surface area contributed by atoms with Gasteiger partial charge in [0.05, 0.1) is 0 Å². The van der Waals surface area contributed by atoms with Crippen LogP contribution in [0.4, 0.5) is 0 Å². The number of rotatable bonds is 2. The van der Waals surface area contributed by atoms with Gasteiger partial charge in [-0.2, -0.15) is 0 Å². The highest BCUT2D eigenvalue weighted by Gasteiger charge is 2.42. The zero-order chi connectivity index (χ0) is 15.0. The van der Waals surface area contributed by atoms with Crippen LogP contribution in [0.15, 0.2) is 0 Å². The summed E-state index contributed by atoms with van der Waals surface area (Å²) < 4.78 is 0. The lowest BCUT2D eigenvalue weighted by Gasteiger charge is -2.45. The minimum Gasteiger partial charge on any atom is -0.353 e. The van der Waals surface area contributed by atoms with E-state index in [0.29, 0.717) is 29.8 Å². The predicted octanol–water partition coefficient (Wildman–Crippen LogP) is 3.65. The summed E-state index contributed by atoms with van der Waals surface area (Å²) in [5.74, 6) is 1.72. The van der Waals surface area contributed by atoms with Crippen LogP contribution in [0, 0.1) is 23.2 Å². The number of hydrogen-bond donors (Lipinski definition) is 2. The Hall–Kier alpha value is -0.280. The molecule has 3 aliphatic rings. The fourth-order valence-corrected chi connectivity index (χ4v) is 5.05. The van der Waals surface area contributed by atoms with Crippen LogP contribution in [-0.2, 0) is 4.79 Å². The molecule has 2 bridgehead atoms. The molecule has 0 aromatic carbocycles. The summed E-state index contributed by atoms with van der Waals surface area (Å²) in [6.07, 6.45) is 10.8. The van der Waals surface area contributed by atoms with Gasteiger partial charge in [0, 0.05) is 18.0 Å². The van der Waals surface area contributed by atoms with Crippen LogP contribution in [0.3, 0.4) is 0 Å². The van der Waals surface area contributed by atoms with Crippen LogP contribution in [0.1, 0.15) is 71.6 Å². The zero-order valence-corrected chi connectivity index (χ0v) is 15.0. The van der Waals surface area contributed by atoms with E-state index in [2.05, 4.69) is 19.2 Å². The number of hydrogen-bond acceptors (Lipinski definition) is 2. The first-order chi connectivity index (χ1) is 9.97. The van der Waals surface area contributed by atoms with Gasteiger partial charge in [-0.05, 0) is 55.8 Å². The lowest BCUT2D eigenvalue weighted by Crippen LogP contribution is -2.52. The molecule has 0 heterocycles. The molecular weight excluding hydrogens is 296 g/mol. The molecule has 3 N–H and O–H groups in total. The molecule has 3 atom stereocenters. The quantitative estimate of drug-likeness (QED) is 0.813. The van der Waals surface area contributed by atoms with Gasteiger partial charge in [-0.15, -0.1) is 12.4 Å². The first-order valence-corrected chi connectivity index (χ1v) is 9.03. The van der Waals surface area contributed by atoms with E-state index >= 15 is 0 Å². The molecule has 22 heavy (non-hydrogen) atoms. The highest BCUT2D eigenvalue weighted by Crippen LogP contribution is 2.42. The molecule has 0 saturated heterocycles. The molecule has 0 aromatic rings. The van der Waals surface area contributed by atoms with E-state index in [1.54, 1.807) is 0 Å². The fourth-order valence-electron chi connectivity index (χ4n) is 5.05. The lowest BCUT2D eigenvalue weighted by molar-refractivity contribution is -0.129. The van der Waals surface area contributed by atoms with E-state index in [0.717, 1.165) is 19.3 Å². The zero-order valence-electron chi connectivity index (χ0n) is 14.1. The topological polar surface area (TPSA) is 55.1 Å². The van der Waals surface area contributed by atoms with Crippen LogP contribution in [-0.4, -0.2) is 18.0 Å². The van der Waals surface area contributed by atoms with Crippen LogP contribution in [0.25, 0.3) is 0 Å². The van der Waals surface area contributed by atoms with Crippen molar-refractivity contribution in [3.63, 3.8) is 0 Å². The summed E-state index contributed by atoms with van der Waals surface area (Å²) in [7, 11) is 0. The Kier molecular flexibility index (Phi) is 5.82. The number of halogens is 1. The van der Waals surface area contributed by atoms with Crippen molar-refractivity contribution in [3.05, 3.63) is 0 Å². The second kappa shape index (κ2) is 7.09. The molecule has 0 aromatic heterocycles. The molecule has 3 nitrogen and oxygen atoms in total. The van der Waals surface area contributed by atoms with E-state index < -0.39 is 0 Å². The number of amides is 1. The molecule has 0 spiro atoms. The van der Waals surface area contributed by atoms with Crippen molar-refractivity contribution < 1.29 is 4.79 Å². The van der Waals surface area contributed by atoms with Gasteiger partial charge >= 0.3 is 0 Å². The highest BCUT2D eigenvalue weighted by molar-refractivity contribution is 5.85. The van der Waals surface area contributed by atoms with Gasteiger partial charge in [-0.25, -0.2) is 0 Å². The van der Waals surface area contributed by atoms with E-state index in [1.165, 1.54) is 38.5 Å². The van der Waals surface area contributed by atoms with Crippen molar-refractivity contribution in [1.82, 2.24) is 5.32 Å². The first kappa shape index (κ1) is 18.1. The van der Waals surface area contributed by atoms with Gasteiger partial charge in [0.15, 0.2) is 0 Å². The van der Waals surface area contributed by atoms with E-state index in [-0.39, 0.29) is 23.7 Å². The van der Waals surface area contributed by atoms with Crippen LogP contribution in [0.2, 0.25) is 0 Å². The lowest BCUT2D eigenvalue weighted by atomic mass is 9.64. The summed E-state index contributed by atoms with van der Waals surface area (Å²) >= 11 is 0. The number of nitrogens with one attached hydrogen (secondary N) is 1. The SMILES string of the molecule is CC1(C)CCCCC1NC(=O)C1CC2CCCC(C1)C2N.Cl. The summed E-state index contributed by atoms with van der Waals surface area (Å²) in [6, 6.07) is 0.725. The third-order valence-corrected chi connectivity index (χ3v) is 6.61. The summed E-state index contributed by atoms with van der Waals surface area (Å²) in [5.41, 5.74) is 6.60. The molecule has 3 unspecified atom stereocenters. The first-order valence-electron chi connectivity index (χ1n) is 9.03. The smallest absolute Gasteiger partial charge is 0.223 e. The van der Waals surface area contributed by atoms with Crippen molar-refractivity contribution in [3.8, 4) is 0 Å². The second-order valence-electron chi connectivity index (χ2n) is 8.49. The van der Waals surface area contributed by atoms with Crippen LogP contribution >= 0.6 is 12.4 Å². The summed E-state index contributed by atoms with van der Waals surface area (Å²) in [5, 5.41) is 3.40. The van der Waals surface area contributed by atoms with Gasteiger partial charge in [0.2, 0.25) is 5.91 Å². The maximum absolute atomic E-state index is 12.7. The van der Waals surface area contributed by atoms with Crippen molar-refractivity contribution in [2.45, 2.75) is 83.7 Å². The van der Waals surface area contributed by atoms with Gasteiger partial charge < -0.3 is 11.1 Å². The Bertz CT molecular complexity index is 385. The van der Waals surface area contributed by atoms with Crippen LogP contribution in [0.5, 0.6) is 0 Å². The number of nitrogens with two attached hydrogens (primary N) is 1. The minimum absolute atomic E-state index is 0. The second-order valence-corrected chi connectivity index (χ2v) is 8.49. The monoisotopic (exact) mass is 328 g/mol. The molecule has 3 aliphatic carbocycles. The van der Waals surface area contributed by atoms with Gasteiger partial charge in [0.1, 0.15) is 0 Å². The highest BCUT2D eigenvalue weighted by atomic mass is 35.5. The molecule has 1 amide bonds. The van der Waals surface area contributed by atoms with Crippen LogP contribution < -0.4 is 11.1 Å². The summed E-state index contributed by atoms with van der Waals surface area (Å²) in [6.45, 7) is 4.62. The Labute approximate surface area is 141 Å². The van der Waals surface area contributed by atoms with Crippen molar-refractivity contribution in [1.29, 1.82) is 0 Å². The Morgan fingerprint density at radius 2 is 1.68 bits per heavy atom. The van der Waals surface area contributed by atoms with Crippen molar-refractivity contribution >= 4 is 18.3 Å². The molecule has 0 radical (unpaired) electrons. The normalized spacial score (nSPS) is 40.4. The van der Waals surface area contributed by atoms with Crippen molar-refractivity contribution in [2.75, 3.05) is 0 Å². The summed E-state index contributed by atoms with van der Waals surface area (Å²) in [4.78, 5) is 12.7. The van der Waals surface area contributed by atoms with Crippen molar-refractivity contribution in [2.24, 2.45) is 28.9 Å². The largest absolute Gasteiger partial charge is 0.353 e. The number of fused-ring (bicyclic) bond motifs is 2. The average Bonchev–Trinajstić information content (AvgIpc) is 2.40. The van der Waals surface area contributed by atoms with E-state index in [9.17, 15) is 4.79 Å². The van der Waals surface area contributed by atoms with E-state index in [4.69, 9.17) is 5.73 Å². The fraction of sp³-hybridized carbons (Fsp3) is 0.944. The van der Waals surface area contributed by atoms with E-state index in [1.807, 2.05) is 0 Å². The molecule has 3 fully saturated rings. The van der Waals surface area contributed by atoms with Gasteiger partial charge in [-0.1, -0.05) is 33.1 Å². The maximum Gasteiger partial charge on any atom is 0.223 e. The molecule has 3 saturated carbocycles. The van der Waals surface area contributed by atoms with Gasteiger partial charge in [0.25, 0.3) is 0 Å². The Balaban J connectivity index is 0.00000176. The predicted molar refractivity (Wildman–Crippen MR) is 93.0 cm³/mol. The maximum atomic E-state index is 12.7. The molecule has 4 heteroatoms. The molecule has 3 rings (SSSR count). The number of carbonyl (C=O) groups excluding carboxylic acids is 1. The van der Waals surface area contributed by atoms with Gasteiger partial charge in [-0.3, -0.25) is 4.79 Å². The Morgan fingerprint density at radius 1 is 1.05 bits per heavy atom. The molecular formula is C18H33ClN2O. The standard InChI is InChI=1S/C18H32N2O.ClH/c1-18(2)9-4-3-8-15(18)20-17(21)14-10-12-6-5-7-13(11-14)16(12)19;/h12-16H,3-11,19H2,1-2H3,(H,20,21);1H. The third kappa shape index (κ3) is 3.62. The molecule has 128 valence electrons. The minimum atomic E-state index is 0. The average molecular weight is 329 g/mol. The Morgan fingerprint density at radius 3 is 2.27 bits per heavy atom. The molecule has 0 aliphatic heterocycles. The third-order valence-electron chi connectivity index (χ3n) is 6.61. The number of carbonyl (C=O) groups is 1.